The van der Waals surface area contributed by atoms with Gasteiger partial charge in [0.15, 0.2) is 0 Å². The fourth-order valence-corrected chi connectivity index (χ4v) is 1.57. The molecular weight excluding hydrogens is 245 g/mol. The van der Waals surface area contributed by atoms with E-state index in [-0.39, 0.29) is 11.1 Å². The van der Waals surface area contributed by atoms with Crippen LogP contribution < -0.4 is 5.11 Å². The number of carboxylic acid groups (broad SMARTS) is 1. The monoisotopic (exact) mass is 251 g/mol. The zero-order chi connectivity index (χ0) is 13.3. The van der Waals surface area contributed by atoms with Crippen LogP contribution in [-0.2, 0) is 0 Å². The van der Waals surface area contributed by atoms with Gasteiger partial charge in [0.05, 0.1) is 5.97 Å². The molecule has 0 radical (unpaired) electrons. The second-order valence-electron chi connectivity index (χ2n) is 3.61. The van der Waals surface area contributed by atoms with Gasteiger partial charge in [-0.15, -0.1) is 0 Å². The van der Waals surface area contributed by atoms with Gasteiger partial charge in [0.1, 0.15) is 17.5 Å². The zero-order valence-corrected chi connectivity index (χ0v) is 8.91. The Morgan fingerprint density at radius 3 is 2.28 bits per heavy atom. The number of halogens is 3. The van der Waals surface area contributed by atoms with Crippen LogP contribution in [0.3, 0.4) is 0 Å². The highest BCUT2D eigenvalue weighted by Gasteiger charge is 2.10. The van der Waals surface area contributed by atoms with Crippen molar-refractivity contribution in [2.75, 3.05) is 0 Å². The number of rotatable bonds is 2. The van der Waals surface area contributed by atoms with Gasteiger partial charge in [-0.2, -0.15) is 0 Å². The maximum Gasteiger partial charge on any atom is 0.132 e. The number of carbonyl (C=O) groups excluding carboxylic acids is 1. The van der Waals surface area contributed by atoms with Gasteiger partial charge in [-0.05, 0) is 35.9 Å². The van der Waals surface area contributed by atoms with E-state index in [4.69, 9.17) is 0 Å². The Morgan fingerprint density at radius 1 is 0.944 bits per heavy atom. The summed E-state index contributed by atoms with van der Waals surface area (Å²) in [6, 6.07) is 5.71. The number of carbonyl (C=O) groups is 1. The first-order chi connectivity index (χ1) is 8.49. The molecule has 0 saturated heterocycles. The Bertz CT molecular complexity index is 624. The Morgan fingerprint density at radius 2 is 1.67 bits per heavy atom. The standard InChI is InChI=1S/C13H7F3O2/c14-8-2-4-11(15)10(6-8)7-1-3-9(13(17)18)12(16)5-7/h1-6H,(H,17,18)/p-1. The molecule has 0 amide bonds. The molecule has 0 heterocycles. The molecular formula is C13H6F3O2-. The van der Waals surface area contributed by atoms with E-state index in [9.17, 15) is 23.1 Å². The van der Waals surface area contributed by atoms with Crippen molar-refractivity contribution in [2.45, 2.75) is 0 Å². The third-order valence-electron chi connectivity index (χ3n) is 2.43. The molecule has 0 bridgehead atoms. The van der Waals surface area contributed by atoms with Crippen molar-refractivity contribution in [3.05, 3.63) is 59.4 Å². The second kappa shape index (κ2) is 4.52. The first-order valence-corrected chi connectivity index (χ1v) is 4.95. The number of aromatic carboxylic acids is 1. The van der Waals surface area contributed by atoms with E-state index in [1.165, 1.54) is 6.07 Å². The SMILES string of the molecule is O=C([O-])c1ccc(-c2cc(F)ccc2F)cc1F. The Hall–Kier alpha value is -2.30. The molecule has 0 aliphatic rings. The van der Waals surface area contributed by atoms with Crippen molar-refractivity contribution in [3.63, 3.8) is 0 Å². The van der Waals surface area contributed by atoms with Crippen molar-refractivity contribution in [3.8, 4) is 11.1 Å². The van der Waals surface area contributed by atoms with Crippen LogP contribution in [0.2, 0.25) is 0 Å². The summed E-state index contributed by atoms with van der Waals surface area (Å²) in [4.78, 5) is 10.5. The van der Waals surface area contributed by atoms with Crippen LogP contribution in [0.15, 0.2) is 36.4 Å². The van der Waals surface area contributed by atoms with Crippen LogP contribution in [0, 0.1) is 17.5 Å². The molecule has 92 valence electrons. The zero-order valence-electron chi connectivity index (χ0n) is 8.91. The van der Waals surface area contributed by atoms with E-state index in [1.807, 2.05) is 0 Å². The molecule has 2 rings (SSSR count). The minimum atomic E-state index is -1.67. The smallest absolute Gasteiger partial charge is 0.132 e. The lowest BCUT2D eigenvalue weighted by molar-refractivity contribution is -0.255. The average Bonchev–Trinajstić information content (AvgIpc) is 2.31. The first-order valence-electron chi connectivity index (χ1n) is 4.95. The van der Waals surface area contributed by atoms with E-state index >= 15 is 0 Å². The summed E-state index contributed by atoms with van der Waals surface area (Å²) >= 11 is 0. The lowest BCUT2D eigenvalue weighted by Gasteiger charge is -2.08. The van der Waals surface area contributed by atoms with Crippen LogP contribution in [0.5, 0.6) is 0 Å². The summed E-state index contributed by atoms with van der Waals surface area (Å²) in [5, 5.41) is 10.5. The number of carboxylic acids is 1. The molecule has 2 aromatic rings. The summed E-state index contributed by atoms with van der Waals surface area (Å²) < 4.78 is 39.8. The van der Waals surface area contributed by atoms with Crippen LogP contribution in [0.4, 0.5) is 13.2 Å². The molecule has 0 spiro atoms. The Balaban J connectivity index is 2.55. The van der Waals surface area contributed by atoms with Crippen molar-refractivity contribution in [1.82, 2.24) is 0 Å². The molecule has 0 saturated carbocycles. The van der Waals surface area contributed by atoms with Gasteiger partial charge in [0, 0.05) is 11.1 Å². The van der Waals surface area contributed by atoms with Crippen LogP contribution in [0.1, 0.15) is 10.4 Å². The lowest BCUT2D eigenvalue weighted by atomic mass is 10.0. The van der Waals surface area contributed by atoms with E-state index in [0.717, 1.165) is 30.3 Å². The fourth-order valence-electron chi connectivity index (χ4n) is 1.57. The van der Waals surface area contributed by atoms with Gasteiger partial charge in [-0.1, -0.05) is 6.07 Å². The Labute approximate surface area is 100 Å². The largest absolute Gasteiger partial charge is 0.545 e. The van der Waals surface area contributed by atoms with E-state index in [1.54, 1.807) is 0 Å². The van der Waals surface area contributed by atoms with Crippen molar-refractivity contribution in [2.24, 2.45) is 0 Å². The lowest BCUT2D eigenvalue weighted by Crippen LogP contribution is -2.23. The highest BCUT2D eigenvalue weighted by Crippen LogP contribution is 2.25. The van der Waals surface area contributed by atoms with Gasteiger partial charge in [-0.3, -0.25) is 0 Å². The molecule has 0 aromatic heterocycles. The topological polar surface area (TPSA) is 40.1 Å². The summed E-state index contributed by atoms with van der Waals surface area (Å²) in [6.45, 7) is 0. The molecule has 18 heavy (non-hydrogen) atoms. The number of hydrogen-bond acceptors (Lipinski definition) is 2. The van der Waals surface area contributed by atoms with Gasteiger partial charge in [-0.25, -0.2) is 13.2 Å². The summed E-state index contributed by atoms with van der Waals surface area (Å²) in [6.07, 6.45) is 0. The van der Waals surface area contributed by atoms with Crippen molar-refractivity contribution < 1.29 is 23.1 Å². The first kappa shape index (κ1) is 12.2. The second-order valence-corrected chi connectivity index (χ2v) is 3.61. The molecule has 2 aromatic carbocycles. The van der Waals surface area contributed by atoms with Crippen LogP contribution in [-0.4, -0.2) is 5.97 Å². The maximum atomic E-state index is 13.4. The Kier molecular flexibility index (Phi) is 3.06. The minimum Gasteiger partial charge on any atom is -0.545 e. The van der Waals surface area contributed by atoms with Gasteiger partial charge in [0.25, 0.3) is 0 Å². The molecule has 5 heteroatoms. The molecule has 0 fully saturated rings. The predicted octanol–water partition coefficient (Wildman–Crippen LogP) is 2.13. The average molecular weight is 251 g/mol. The molecule has 0 unspecified atom stereocenters. The van der Waals surface area contributed by atoms with Crippen molar-refractivity contribution in [1.29, 1.82) is 0 Å². The van der Waals surface area contributed by atoms with E-state index in [0.29, 0.717) is 0 Å². The summed E-state index contributed by atoms with van der Waals surface area (Å²) in [5.41, 5.74) is -0.719. The fraction of sp³-hybridized carbons (Fsp3) is 0. The number of benzene rings is 2. The molecule has 0 aliphatic carbocycles. The maximum absolute atomic E-state index is 13.4. The third-order valence-corrected chi connectivity index (χ3v) is 2.43. The molecule has 0 N–H and O–H groups in total. The van der Waals surface area contributed by atoms with Gasteiger partial charge in [0.2, 0.25) is 0 Å². The van der Waals surface area contributed by atoms with Crippen molar-refractivity contribution >= 4 is 5.97 Å². The van der Waals surface area contributed by atoms with Crippen LogP contribution in [0.25, 0.3) is 11.1 Å². The van der Waals surface area contributed by atoms with E-state index < -0.39 is 29.0 Å². The summed E-state index contributed by atoms with van der Waals surface area (Å²) in [5.74, 6) is -4.12. The van der Waals surface area contributed by atoms with Gasteiger partial charge < -0.3 is 9.90 Å². The third kappa shape index (κ3) is 2.20. The van der Waals surface area contributed by atoms with Gasteiger partial charge >= 0.3 is 0 Å². The molecule has 2 nitrogen and oxygen atoms in total. The van der Waals surface area contributed by atoms with E-state index in [2.05, 4.69) is 0 Å². The molecule has 0 atom stereocenters. The molecule has 0 aliphatic heterocycles. The highest BCUT2D eigenvalue weighted by atomic mass is 19.1. The number of hydrogen-bond donors (Lipinski definition) is 0. The summed E-state index contributed by atoms with van der Waals surface area (Å²) in [7, 11) is 0. The quantitative estimate of drug-likeness (QED) is 0.820. The minimum absolute atomic E-state index is 0.0505. The normalized spacial score (nSPS) is 10.4. The van der Waals surface area contributed by atoms with Crippen LogP contribution >= 0.6 is 0 Å². The highest BCUT2D eigenvalue weighted by molar-refractivity contribution is 5.87. The predicted molar refractivity (Wildman–Crippen MR) is 56.1 cm³/mol.